The number of H-pyrrole nitrogens is 1. The first-order chi connectivity index (χ1) is 19.9. The minimum atomic E-state index is -0.799. The molecule has 10 heteroatoms. The molecular weight excluding hydrogens is 520 g/mol. The van der Waals surface area contributed by atoms with Crippen molar-refractivity contribution in [2.45, 2.75) is 65.2 Å². The fourth-order valence-corrected chi connectivity index (χ4v) is 4.75. The lowest BCUT2D eigenvalue weighted by Crippen LogP contribution is -2.25. The van der Waals surface area contributed by atoms with Crippen LogP contribution in [0.4, 0.5) is 0 Å². The number of carbonyl (C=O) groups is 2. The number of hydrogen-bond donors (Lipinski definition) is 3. The Kier molecular flexibility index (Phi) is 10.3. The zero-order valence-corrected chi connectivity index (χ0v) is 23.7. The van der Waals surface area contributed by atoms with E-state index in [0.29, 0.717) is 35.7 Å². The third-order valence-corrected chi connectivity index (χ3v) is 6.88. The molecule has 2 amide bonds. The Morgan fingerprint density at radius 2 is 1.66 bits per heavy atom. The first-order valence-corrected chi connectivity index (χ1v) is 14.4. The van der Waals surface area contributed by atoms with Crippen molar-refractivity contribution < 1.29 is 14.3 Å². The lowest BCUT2D eigenvalue weighted by atomic mass is 10.1. The summed E-state index contributed by atoms with van der Waals surface area (Å²) >= 11 is 0. The Bertz CT molecular complexity index is 1540. The molecule has 2 aromatic heterocycles. The molecule has 0 aliphatic heterocycles. The highest BCUT2D eigenvalue weighted by molar-refractivity contribution is 6.02. The number of carbonyl (C=O) groups excluding carboxylic acids is 2. The van der Waals surface area contributed by atoms with E-state index in [4.69, 9.17) is 10.5 Å². The van der Waals surface area contributed by atoms with Gasteiger partial charge in [0.2, 0.25) is 0 Å². The van der Waals surface area contributed by atoms with Crippen LogP contribution in [0.2, 0.25) is 0 Å². The van der Waals surface area contributed by atoms with Gasteiger partial charge in [0, 0.05) is 17.7 Å². The third kappa shape index (κ3) is 7.39. The van der Waals surface area contributed by atoms with Crippen molar-refractivity contribution in [1.29, 1.82) is 0 Å². The molecule has 0 aliphatic rings. The molecule has 4 aromatic rings. The van der Waals surface area contributed by atoms with E-state index < -0.39 is 11.6 Å². The van der Waals surface area contributed by atoms with Gasteiger partial charge in [-0.1, -0.05) is 57.9 Å². The van der Waals surface area contributed by atoms with Crippen molar-refractivity contribution in [2.24, 2.45) is 5.73 Å². The average molecular weight is 559 g/mol. The van der Waals surface area contributed by atoms with Crippen LogP contribution >= 0.6 is 0 Å². The van der Waals surface area contributed by atoms with E-state index in [9.17, 15) is 14.4 Å². The number of nitrogens with two attached hydrogens (primary N) is 1. The zero-order valence-electron chi connectivity index (χ0n) is 23.7. The van der Waals surface area contributed by atoms with E-state index in [1.807, 2.05) is 6.92 Å². The Balaban J connectivity index is 1.55. The van der Waals surface area contributed by atoms with Crippen LogP contribution in [0.15, 0.2) is 53.3 Å². The predicted octanol–water partition coefficient (Wildman–Crippen LogP) is 5.14. The van der Waals surface area contributed by atoms with E-state index in [0.717, 1.165) is 12.8 Å². The minimum absolute atomic E-state index is 0.103. The summed E-state index contributed by atoms with van der Waals surface area (Å²) in [7, 11) is 0. The number of fused-ring (bicyclic) bond motifs is 1. The van der Waals surface area contributed by atoms with Crippen molar-refractivity contribution >= 4 is 23.0 Å². The number of hydrogen-bond acceptors (Lipinski definition) is 6. The second-order valence-electron chi connectivity index (χ2n) is 9.96. The van der Waals surface area contributed by atoms with Crippen LogP contribution in [0.1, 0.15) is 86.1 Å². The molecule has 10 nitrogen and oxygen atoms in total. The summed E-state index contributed by atoms with van der Waals surface area (Å²) < 4.78 is 6.82. The molecule has 0 unspecified atom stereocenters. The first kappa shape index (κ1) is 29.5. The van der Waals surface area contributed by atoms with Crippen LogP contribution in [-0.4, -0.2) is 44.5 Å². The zero-order chi connectivity index (χ0) is 29.2. The highest BCUT2D eigenvalue weighted by Crippen LogP contribution is 2.24. The number of primary amides is 1. The number of nitrogens with one attached hydrogen (secondary N) is 2. The number of rotatable bonds is 15. The maximum atomic E-state index is 13.1. The van der Waals surface area contributed by atoms with Gasteiger partial charge >= 0.3 is 5.69 Å². The van der Waals surface area contributed by atoms with Crippen molar-refractivity contribution in [3.8, 4) is 22.8 Å². The molecule has 216 valence electrons. The summed E-state index contributed by atoms with van der Waals surface area (Å²) in [6.45, 7) is 5.22. The number of benzene rings is 2. The van der Waals surface area contributed by atoms with E-state index in [1.165, 1.54) is 43.1 Å². The molecule has 0 bridgehead atoms. The topological polar surface area (TPSA) is 145 Å². The number of nitrogens with zero attached hydrogens (tertiary/aromatic N) is 3. The monoisotopic (exact) mass is 558 g/mol. The summed E-state index contributed by atoms with van der Waals surface area (Å²) in [5.41, 5.74) is 6.75. The highest BCUT2D eigenvalue weighted by atomic mass is 16.5. The van der Waals surface area contributed by atoms with E-state index in [2.05, 4.69) is 27.2 Å². The van der Waals surface area contributed by atoms with Crippen LogP contribution in [0, 0.1) is 0 Å². The molecular formula is C31H38N6O4. The summed E-state index contributed by atoms with van der Waals surface area (Å²) in [6.07, 6.45) is 9.51. The maximum Gasteiger partial charge on any atom is 0.332 e. The van der Waals surface area contributed by atoms with Crippen LogP contribution in [0.5, 0.6) is 5.75 Å². The molecule has 4 rings (SSSR count). The predicted molar refractivity (Wildman–Crippen MR) is 160 cm³/mol. The van der Waals surface area contributed by atoms with Gasteiger partial charge in [-0.3, -0.25) is 9.59 Å². The van der Waals surface area contributed by atoms with Gasteiger partial charge in [0.05, 0.1) is 12.3 Å². The number of unbranched alkanes of at least 4 members (excludes halogenated alkanes) is 7. The number of ether oxygens (including phenoxy) is 1. The Hall–Kier alpha value is -4.47. The largest absolute Gasteiger partial charge is 0.494 e. The SMILES string of the molecule is CCCCCCCCCCNC(=O)c1cccc(-n2c(=O)[nH]c3c(C(N)=O)nc(-c4ccc(OCC)cc4)nc32)c1. The average Bonchev–Trinajstić information content (AvgIpc) is 3.31. The summed E-state index contributed by atoms with van der Waals surface area (Å²) in [6, 6.07) is 13.8. The normalized spacial score (nSPS) is 11.1. The van der Waals surface area contributed by atoms with Crippen LogP contribution in [-0.2, 0) is 0 Å². The van der Waals surface area contributed by atoms with Crippen LogP contribution in [0.25, 0.3) is 28.2 Å². The van der Waals surface area contributed by atoms with E-state index in [1.54, 1.807) is 48.5 Å². The maximum absolute atomic E-state index is 13.1. The Morgan fingerprint density at radius 3 is 2.34 bits per heavy atom. The lowest BCUT2D eigenvalue weighted by molar-refractivity contribution is 0.0951. The number of aromatic amines is 1. The summed E-state index contributed by atoms with van der Waals surface area (Å²) in [4.78, 5) is 49.9. The molecule has 0 fully saturated rings. The smallest absolute Gasteiger partial charge is 0.332 e. The lowest BCUT2D eigenvalue weighted by Gasteiger charge is -2.09. The molecule has 2 heterocycles. The second-order valence-corrected chi connectivity index (χ2v) is 9.96. The third-order valence-electron chi connectivity index (χ3n) is 6.88. The van der Waals surface area contributed by atoms with Gasteiger partial charge in [-0.15, -0.1) is 0 Å². The van der Waals surface area contributed by atoms with Gasteiger partial charge in [-0.2, -0.15) is 0 Å². The molecule has 0 saturated carbocycles. The molecule has 0 aliphatic carbocycles. The summed E-state index contributed by atoms with van der Waals surface area (Å²) in [5, 5.41) is 2.97. The summed E-state index contributed by atoms with van der Waals surface area (Å²) in [5.74, 6) is -0.109. The van der Waals surface area contributed by atoms with Crippen molar-refractivity contribution in [1.82, 2.24) is 24.8 Å². The second kappa shape index (κ2) is 14.2. The molecule has 0 saturated heterocycles. The molecule has 0 spiro atoms. The van der Waals surface area contributed by atoms with Gasteiger partial charge in [-0.25, -0.2) is 19.3 Å². The minimum Gasteiger partial charge on any atom is -0.494 e. The van der Waals surface area contributed by atoms with Gasteiger partial charge in [0.1, 0.15) is 11.3 Å². The van der Waals surface area contributed by atoms with Gasteiger partial charge in [-0.05, 0) is 55.8 Å². The van der Waals surface area contributed by atoms with E-state index in [-0.39, 0.29) is 28.6 Å². The van der Waals surface area contributed by atoms with Crippen molar-refractivity contribution in [2.75, 3.05) is 13.2 Å². The number of amides is 2. The van der Waals surface area contributed by atoms with Crippen molar-refractivity contribution in [3.05, 3.63) is 70.3 Å². The standard InChI is InChI=1S/C31H38N6O4/c1-3-5-6-7-8-9-10-11-19-33-30(39)22-13-12-14-23(20-22)37-29-26(35-31(37)40)25(27(32)38)34-28(36-29)21-15-17-24(18-16-21)41-4-2/h12-18,20H,3-11,19H2,1-2H3,(H2,32,38)(H,33,39)(H,35,40). The first-order valence-electron chi connectivity index (χ1n) is 14.4. The highest BCUT2D eigenvalue weighted by Gasteiger charge is 2.21. The molecule has 0 atom stereocenters. The van der Waals surface area contributed by atoms with Crippen molar-refractivity contribution in [3.63, 3.8) is 0 Å². The Morgan fingerprint density at radius 1 is 0.951 bits per heavy atom. The van der Waals surface area contributed by atoms with Gasteiger partial charge in [0.15, 0.2) is 17.2 Å². The fraction of sp³-hybridized carbons (Fsp3) is 0.387. The van der Waals surface area contributed by atoms with Gasteiger partial charge in [0.25, 0.3) is 11.8 Å². The quantitative estimate of drug-likeness (QED) is 0.172. The fourth-order valence-electron chi connectivity index (χ4n) is 4.75. The molecule has 41 heavy (non-hydrogen) atoms. The van der Waals surface area contributed by atoms with E-state index >= 15 is 0 Å². The van der Waals surface area contributed by atoms with Gasteiger partial charge < -0.3 is 20.8 Å². The molecule has 2 aromatic carbocycles. The molecule has 0 radical (unpaired) electrons. The van der Waals surface area contributed by atoms with Crippen LogP contribution in [0.3, 0.4) is 0 Å². The number of aromatic nitrogens is 4. The Labute approximate surface area is 239 Å². The van der Waals surface area contributed by atoms with Crippen LogP contribution < -0.4 is 21.5 Å². The number of imidazole rings is 1. The molecule has 4 N–H and O–H groups in total.